The van der Waals surface area contributed by atoms with Crippen LogP contribution in [0, 0.1) is 0 Å². The summed E-state index contributed by atoms with van der Waals surface area (Å²) in [7, 11) is 5.45. The molecule has 0 heterocycles. The zero-order valence-corrected chi connectivity index (χ0v) is 10.3. The van der Waals surface area contributed by atoms with Gasteiger partial charge in [-0.1, -0.05) is 6.07 Å². The summed E-state index contributed by atoms with van der Waals surface area (Å²) in [4.78, 5) is 17.3. The van der Waals surface area contributed by atoms with E-state index >= 15 is 0 Å². The predicted molar refractivity (Wildman–Crippen MR) is 68.2 cm³/mol. The molecule has 0 aromatic heterocycles. The lowest BCUT2D eigenvalue weighted by Gasteiger charge is -2.04. The van der Waals surface area contributed by atoms with Crippen LogP contribution in [0.5, 0.6) is 5.75 Å². The zero-order chi connectivity index (χ0) is 12.7. The summed E-state index contributed by atoms with van der Waals surface area (Å²) in [5.41, 5.74) is 0.758. The highest BCUT2D eigenvalue weighted by molar-refractivity contribution is 5.71. The van der Waals surface area contributed by atoms with Crippen molar-refractivity contribution < 1.29 is 9.53 Å². The van der Waals surface area contributed by atoms with Crippen molar-refractivity contribution in [2.45, 2.75) is 0 Å². The van der Waals surface area contributed by atoms with Crippen LogP contribution in [0.2, 0.25) is 0 Å². The Kier molecular flexibility index (Phi) is 5.16. The second-order valence-corrected chi connectivity index (χ2v) is 3.71. The summed E-state index contributed by atoms with van der Waals surface area (Å²) in [6.45, 7) is 0.764. The minimum Gasteiger partial charge on any atom is -0.410 e. The van der Waals surface area contributed by atoms with Crippen LogP contribution in [-0.2, 0) is 0 Å². The van der Waals surface area contributed by atoms with E-state index < -0.39 is 6.09 Å². The smallest absolute Gasteiger partial charge is 0.410 e. The van der Waals surface area contributed by atoms with E-state index in [1.54, 1.807) is 24.4 Å². The van der Waals surface area contributed by atoms with Crippen molar-refractivity contribution >= 4 is 18.0 Å². The molecule has 0 aliphatic rings. The van der Waals surface area contributed by atoms with E-state index in [-0.39, 0.29) is 0 Å². The molecule has 1 N–H and O–H groups in total. The number of amides is 1. The number of rotatable bonds is 4. The fraction of sp³-hybridized carbons (Fsp3) is 0.333. The van der Waals surface area contributed by atoms with Gasteiger partial charge < -0.3 is 15.0 Å². The Hall–Kier alpha value is -1.88. The van der Waals surface area contributed by atoms with E-state index in [0.717, 1.165) is 12.2 Å². The van der Waals surface area contributed by atoms with Gasteiger partial charge in [-0.15, -0.1) is 0 Å². The minimum atomic E-state index is -0.487. The molecule has 17 heavy (non-hydrogen) atoms. The van der Waals surface area contributed by atoms with E-state index in [4.69, 9.17) is 4.74 Å². The highest BCUT2D eigenvalue weighted by atomic mass is 16.5. The van der Waals surface area contributed by atoms with Crippen molar-refractivity contribution in [3.63, 3.8) is 0 Å². The zero-order valence-electron chi connectivity index (χ0n) is 10.3. The van der Waals surface area contributed by atoms with E-state index in [1.165, 1.54) is 7.05 Å². The first-order chi connectivity index (χ1) is 8.11. The predicted octanol–water partition coefficient (Wildman–Crippen LogP) is 1.67. The molecule has 0 bridgehead atoms. The monoisotopic (exact) mass is 235 g/mol. The molecule has 0 radical (unpaired) electrons. The third-order valence-corrected chi connectivity index (χ3v) is 1.92. The maximum atomic E-state index is 11.0. The Morgan fingerprint density at radius 2 is 2.29 bits per heavy atom. The third kappa shape index (κ3) is 5.12. The molecular weight excluding hydrogens is 218 g/mol. The molecular formula is C12H17N3O2. The first-order valence-electron chi connectivity index (χ1n) is 5.28. The topological polar surface area (TPSA) is 53.9 Å². The molecule has 0 fully saturated rings. The van der Waals surface area contributed by atoms with Crippen molar-refractivity contribution in [1.82, 2.24) is 10.2 Å². The molecule has 1 rings (SSSR count). The second-order valence-electron chi connectivity index (χ2n) is 3.71. The first-order valence-corrected chi connectivity index (χ1v) is 5.28. The quantitative estimate of drug-likeness (QED) is 0.808. The van der Waals surface area contributed by atoms with Crippen LogP contribution in [0.3, 0.4) is 0 Å². The first kappa shape index (κ1) is 13.2. The Morgan fingerprint density at radius 1 is 1.53 bits per heavy atom. The van der Waals surface area contributed by atoms with Crippen molar-refractivity contribution in [1.29, 1.82) is 0 Å². The van der Waals surface area contributed by atoms with Crippen LogP contribution in [0.4, 0.5) is 10.5 Å². The lowest BCUT2D eigenvalue weighted by atomic mass is 10.3. The Morgan fingerprint density at radius 3 is 2.94 bits per heavy atom. The molecule has 0 saturated carbocycles. The van der Waals surface area contributed by atoms with E-state index in [2.05, 4.69) is 10.3 Å². The fourth-order valence-corrected chi connectivity index (χ4v) is 1.09. The summed E-state index contributed by atoms with van der Waals surface area (Å²) >= 11 is 0. The van der Waals surface area contributed by atoms with Gasteiger partial charge in [-0.3, -0.25) is 4.99 Å². The number of benzene rings is 1. The number of hydrogen-bond donors (Lipinski definition) is 1. The molecule has 0 aliphatic heterocycles. The standard InChI is InChI=1S/C12H17N3O2/c1-13-12(16)17-11-6-4-5-10(9-11)14-7-8-15(2)3/h4-7,9H,8H2,1-3H3,(H,13,16). The van der Waals surface area contributed by atoms with Crippen LogP contribution in [-0.4, -0.2) is 44.9 Å². The van der Waals surface area contributed by atoms with Gasteiger partial charge in [-0.2, -0.15) is 0 Å². The van der Waals surface area contributed by atoms with Gasteiger partial charge >= 0.3 is 6.09 Å². The van der Waals surface area contributed by atoms with Crippen molar-refractivity contribution in [3.05, 3.63) is 24.3 Å². The Balaban J connectivity index is 2.65. The van der Waals surface area contributed by atoms with Gasteiger partial charge in [0.15, 0.2) is 0 Å². The lowest BCUT2D eigenvalue weighted by Crippen LogP contribution is -2.21. The van der Waals surface area contributed by atoms with Gasteiger partial charge in [0.25, 0.3) is 0 Å². The number of carbonyl (C=O) groups is 1. The SMILES string of the molecule is CNC(=O)Oc1cccc(N=CCN(C)C)c1. The van der Waals surface area contributed by atoms with E-state index in [9.17, 15) is 4.79 Å². The van der Waals surface area contributed by atoms with Crippen molar-refractivity contribution in [2.75, 3.05) is 27.7 Å². The van der Waals surface area contributed by atoms with Crippen LogP contribution >= 0.6 is 0 Å². The van der Waals surface area contributed by atoms with Crippen molar-refractivity contribution in [3.8, 4) is 5.75 Å². The number of nitrogens with one attached hydrogen (secondary N) is 1. The molecule has 0 unspecified atom stereocenters. The lowest BCUT2D eigenvalue weighted by molar-refractivity contribution is 0.203. The van der Waals surface area contributed by atoms with E-state index in [1.807, 2.05) is 25.1 Å². The normalized spacial score (nSPS) is 10.8. The van der Waals surface area contributed by atoms with Crippen LogP contribution in [0.15, 0.2) is 29.3 Å². The van der Waals surface area contributed by atoms with Gasteiger partial charge in [0, 0.05) is 25.9 Å². The van der Waals surface area contributed by atoms with Gasteiger partial charge in [-0.25, -0.2) is 4.79 Å². The summed E-state index contributed by atoms with van der Waals surface area (Å²) in [6, 6.07) is 7.06. The van der Waals surface area contributed by atoms with Gasteiger partial charge in [-0.05, 0) is 26.2 Å². The summed E-state index contributed by atoms with van der Waals surface area (Å²) in [5.74, 6) is 0.476. The summed E-state index contributed by atoms with van der Waals surface area (Å²) in [5, 5.41) is 2.38. The maximum absolute atomic E-state index is 11.0. The number of nitrogens with zero attached hydrogens (tertiary/aromatic N) is 2. The van der Waals surface area contributed by atoms with Crippen LogP contribution in [0.25, 0.3) is 0 Å². The average Bonchev–Trinajstić information content (AvgIpc) is 2.29. The molecule has 1 aromatic carbocycles. The fourth-order valence-electron chi connectivity index (χ4n) is 1.09. The largest absolute Gasteiger partial charge is 0.412 e. The molecule has 0 spiro atoms. The summed E-state index contributed by atoms with van der Waals surface area (Å²) < 4.78 is 5.00. The second kappa shape index (κ2) is 6.65. The molecule has 0 atom stereocenters. The minimum absolute atomic E-state index is 0.476. The van der Waals surface area contributed by atoms with Crippen LogP contribution < -0.4 is 10.1 Å². The molecule has 1 amide bonds. The molecule has 92 valence electrons. The van der Waals surface area contributed by atoms with Crippen LogP contribution in [0.1, 0.15) is 0 Å². The highest BCUT2D eigenvalue weighted by Crippen LogP contribution is 2.19. The molecule has 0 aliphatic carbocycles. The number of aliphatic imine (C=N–C) groups is 1. The average molecular weight is 235 g/mol. The maximum Gasteiger partial charge on any atom is 0.412 e. The number of hydrogen-bond acceptors (Lipinski definition) is 4. The number of ether oxygens (including phenoxy) is 1. The summed E-state index contributed by atoms with van der Waals surface area (Å²) in [6.07, 6.45) is 1.32. The number of carbonyl (C=O) groups excluding carboxylic acids is 1. The third-order valence-electron chi connectivity index (χ3n) is 1.92. The van der Waals surface area contributed by atoms with Gasteiger partial charge in [0.1, 0.15) is 5.75 Å². The van der Waals surface area contributed by atoms with Gasteiger partial charge in [0.2, 0.25) is 0 Å². The van der Waals surface area contributed by atoms with E-state index in [0.29, 0.717) is 5.75 Å². The highest BCUT2D eigenvalue weighted by Gasteiger charge is 2.01. The molecule has 0 saturated heterocycles. The Bertz CT molecular complexity index is 402. The van der Waals surface area contributed by atoms with Crippen molar-refractivity contribution in [2.24, 2.45) is 4.99 Å². The molecule has 5 heteroatoms. The van der Waals surface area contributed by atoms with Gasteiger partial charge in [0.05, 0.1) is 5.69 Å². The molecule has 5 nitrogen and oxygen atoms in total. The molecule has 1 aromatic rings. The Labute approximate surface area is 101 Å².